The molecule has 1 saturated carbocycles. The Morgan fingerprint density at radius 1 is 1.32 bits per heavy atom. The van der Waals surface area contributed by atoms with Gasteiger partial charge in [0.2, 0.25) is 6.79 Å². The van der Waals surface area contributed by atoms with E-state index in [-0.39, 0.29) is 18.1 Å². The molecule has 1 aromatic carbocycles. The van der Waals surface area contributed by atoms with Crippen LogP contribution in [0.25, 0.3) is 0 Å². The number of carbonyl (C=O) groups is 1. The van der Waals surface area contributed by atoms with Gasteiger partial charge >= 0.3 is 0 Å². The number of hydrazone groups is 1. The molecule has 1 aliphatic heterocycles. The van der Waals surface area contributed by atoms with Gasteiger partial charge in [-0.15, -0.1) is 0 Å². The first kappa shape index (κ1) is 14.9. The molecule has 22 heavy (non-hydrogen) atoms. The predicted molar refractivity (Wildman–Crippen MR) is 84.3 cm³/mol. The van der Waals surface area contributed by atoms with Gasteiger partial charge in [0.15, 0.2) is 11.5 Å². The Labute approximate surface area is 130 Å². The average molecular weight is 302 g/mol. The summed E-state index contributed by atoms with van der Waals surface area (Å²) in [6.45, 7) is 6.93. The molecule has 1 amide bonds. The van der Waals surface area contributed by atoms with Crippen LogP contribution in [0.1, 0.15) is 50.4 Å². The van der Waals surface area contributed by atoms with Crippen molar-refractivity contribution in [2.45, 2.75) is 40.0 Å². The Morgan fingerprint density at radius 2 is 2.09 bits per heavy atom. The van der Waals surface area contributed by atoms with Crippen molar-refractivity contribution in [3.63, 3.8) is 0 Å². The molecule has 1 heterocycles. The van der Waals surface area contributed by atoms with Gasteiger partial charge in [0.25, 0.3) is 5.91 Å². The lowest BCUT2D eigenvalue weighted by Crippen LogP contribution is -2.30. The minimum atomic E-state index is -0.221. The summed E-state index contributed by atoms with van der Waals surface area (Å²) in [6.07, 6.45) is 3.08. The first-order chi connectivity index (χ1) is 10.4. The van der Waals surface area contributed by atoms with Crippen LogP contribution in [0.15, 0.2) is 23.3 Å². The van der Waals surface area contributed by atoms with E-state index in [2.05, 4.69) is 31.3 Å². The van der Waals surface area contributed by atoms with Crippen molar-refractivity contribution in [3.05, 3.63) is 23.8 Å². The zero-order chi connectivity index (χ0) is 15.7. The van der Waals surface area contributed by atoms with Gasteiger partial charge in [0.05, 0.1) is 0 Å². The van der Waals surface area contributed by atoms with Crippen LogP contribution in [0.5, 0.6) is 11.5 Å². The first-order valence-electron chi connectivity index (χ1n) is 7.68. The van der Waals surface area contributed by atoms with Crippen LogP contribution < -0.4 is 14.9 Å². The van der Waals surface area contributed by atoms with Crippen molar-refractivity contribution >= 4 is 11.6 Å². The number of fused-ring (bicyclic) bond motifs is 1. The van der Waals surface area contributed by atoms with Crippen LogP contribution in [0, 0.1) is 11.3 Å². The van der Waals surface area contributed by atoms with Gasteiger partial charge in [-0.3, -0.25) is 4.79 Å². The monoisotopic (exact) mass is 302 g/mol. The molecular formula is C17H22N2O3. The second-order valence-corrected chi connectivity index (χ2v) is 7.04. The van der Waals surface area contributed by atoms with Gasteiger partial charge in [-0.1, -0.05) is 20.8 Å². The lowest BCUT2D eigenvalue weighted by molar-refractivity contribution is 0.0953. The van der Waals surface area contributed by atoms with Crippen molar-refractivity contribution in [2.75, 3.05) is 6.79 Å². The molecule has 0 radical (unpaired) electrons. The summed E-state index contributed by atoms with van der Waals surface area (Å²) in [7, 11) is 0. The maximum absolute atomic E-state index is 12.2. The average Bonchev–Trinajstić information content (AvgIpc) is 2.89. The van der Waals surface area contributed by atoms with E-state index in [9.17, 15) is 4.79 Å². The molecule has 1 atom stereocenters. The third-order valence-corrected chi connectivity index (χ3v) is 4.12. The van der Waals surface area contributed by atoms with Gasteiger partial charge in [0.1, 0.15) is 0 Å². The third-order valence-electron chi connectivity index (χ3n) is 4.12. The molecule has 1 aromatic rings. The van der Waals surface area contributed by atoms with Crippen LogP contribution in [0.3, 0.4) is 0 Å². The number of ether oxygens (including phenoxy) is 2. The van der Waals surface area contributed by atoms with Crippen molar-refractivity contribution in [3.8, 4) is 11.5 Å². The van der Waals surface area contributed by atoms with E-state index < -0.39 is 0 Å². The standard InChI is InChI=1S/C17H22N2O3/c1-11-6-13(9-17(2,3)8-11)18-19-16(20)12-4-5-14-15(7-12)22-10-21-14/h4-5,7,11H,6,8-10H2,1-3H3,(H,19,20)/b18-13+/t11-/m0/s1. The topological polar surface area (TPSA) is 59.9 Å². The van der Waals surface area contributed by atoms with Crippen molar-refractivity contribution in [2.24, 2.45) is 16.4 Å². The van der Waals surface area contributed by atoms with Crippen LogP contribution >= 0.6 is 0 Å². The van der Waals surface area contributed by atoms with Crippen LogP contribution in [0.2, 0.25) is 0 Å². The lowest BCUT2D eigenvalue weighted by atomic mass is 9.72. The van der Waals surface area contributed by atoms with E-state index in [4.69, 9.17) is 9.47 Å². The summed E-state index contributed by atoms with van der Waals surface area (Å²) in [5.41, 5.74) is 4.51. The Morgan fingerprint density at radius 3 is 2.86 bits per heavy atom. The van der Waals surface area contributed by atoms with Gasteiger partial charge < -0.3 is 9.47 Å². The van der Waals surface area contributed by atoms with E-state index in [1.54, 1.807) is 18.2 Å². The van der Waals surface area contributed by atoms with Gasteiger partial charge in [0, 0.05) is 11.3 Å². The maximum atomic E-state index is 12.2. The summed E-state index contributed by atoms with van der Waals surface area (Å²) in [6, 6.07) is 5.15. The molecule has 3 rings (SSSR count). The number of nitrogens with zero attached hydrogens (tertiary/aromatic N) is 1. The number of nitrogens with one attached hydrogen (secondary N) is 1. The molecule has 0 unspecified atom stereocenters. The Hall–Kier alpha value is -2.04. The Bertz CT molecular complexity index is 622. The van der Waals surface area contributed by atoms with Crippen LogP contribution in [0.4, 0.5) is 0 Å². The molecule has 5 heteroatoms. The van der Waals surface area contributed by atoms with Gasteiger partial charge in [-0.25, -0.2) is 5.43 Å². The number of amides is 1. The molecule has 2 aliphatic rings. The lowest BCUT2D eigenvalue weighted by Gasteiger charge is -2.34. The second kappa shape index (κ2) is 5.63. The summed E-state index contributed by atoms with van der Waals surface area (Å²) >= 11 is 0. The number of carbonyl (C=O) groups excluding carboxylic acids is 1. The molecule has 0 saturated heterocycles. The van der Waals surface area contributed by atoms with Crippen molar-refractivity contribution in [1.82, 2.24) is 5.43 Å². The largest absolute Gasteiger partial charge is 0.454 e. The fraction of sp³-hybridized carbons (Fsp3) is 0.529. The molecule has 118 valence electrons. The summed E-state index contributed by atoms with van der Waals surface area (Å²) in [5, 5.41) is 4.34. The smallest absolute Gasteiger partial charge is 0.271 e. The van der Waals surface area contributed by atoms with Gasteiger partial charge in [-0.05, 0) is 48.8 Å². The molecule has 1 aliphatic carbocycles. The zero-order valence-electron chi connectivity index (χ0n) is 13.3. The van der Waals surface area contributed by atoms with E-state index >= 15 is 0 Å². The highest BCUT2D eigenvalue weighted by atomic mass is 16.7. The normalized spacial score (nSPS) is 24.3. The highest BCUT2D eigenvalue weighted by Crippen LogP contribution is 2.37. The number of benzene rings is 1. The number of hydrogen-bond donors (Lipinski definition) is 1. The maximum Gasteiger partial charge on any atom is 0.271 e. The molecule has 0 aromatic heterocycles. The first-order valence-corrected chi connectivity index (χ1v) is 7.68. The van der Waals surface area contributed by atoms with Crippen LogP contribution in [-0.2, 0) is 0 Å². The number of rotatable bonds is 2. The highest BCUT2D eigenvalue weighted by Gasteiger charge is 2.29. The SMILES string of the molecule is C[C@H]1C/C(=N\NC(=O)c2ccc3c(c2)OCO3)CC(C)(C)C1. The fourth-order valence-electron chi connectivity index (χ4n) is 3.43. The van der Waals surface area contributed by atoms with Crippen molar-refractivity contribution in [1.29, 1.82) is 0 Å². The van der Waals surface area contributed by atoms with Crippen molar-refractivity contribution < 1.29 is 14.3 Å². The predicted octanol–water partition coefficient (Wildman–Crippen LogP) is 3.35. The molecule has 0 spiro atoms. The Balaban J connectivity index is 1.68. The zero-order valence-corrected chi connectivity index (χ0v) is 13.3. The van der Waals surface area contributed by atoms with Crippen LogP contribution in [-0.4, -0.2) is 18.4 Å². The second-order valence-electron chi connectivity index (χ2n) is 7.04. The minimum Gasteiger partial charge on any atom is -0.454 e. The summed E-state index contributed by atoms with van der Waals surface area (Å²) in [4.78, 5) is 12.2. The third kappa shape index (κ3) is 3.24. The molecule has 1 fully saturated rings. The summed E-state index contributed by atoms with van der Waals surface area (Å²) < 4.78 is 10.5. The molecule has 0 bridgehead atoms. The van der Waals surface area contributed by atoms with E-state index in [0.29, 0.717) is 23.0 Å². The quantitative estimate of drug-likeness (QED) is 0.852. The summed E-state index contributed by atoms with van der Waals surface area (Å²) in [5.74, 6) is 1.66. The fourth-order valence-corrected chi connectivity index (χ4v) is 3.43. The van der Waals surface area contributed by atoms with Gasteiger partial charge in [-0.2, -0.15) is 5.10 Å². The molecule has 1 N–H and O–H groups in total. The molecule has 5 nitrogen and oxygen atoms in total. The van der Waals surface area contributed by atoms with E-state index in [1.165, 1.54) is 6.42 Å². The Kier molecular flexibility index (Phi) is 3.81. The highest BCUT2D eigenvalue weighted by molar-refractivity contribution is 5.96. The van der Waals surface area contributed by atoms with E-state index in [1.807, 2.05) is 0 Å². The molecular weight excluding hydrogens is 280 g/mol. The minimum absolute atomic E-state index is 0.204. The number of hydrogen-bond acceptors (Lipinski definition) is 4. The van der Waals surface area contributed by atoms with E-state index in [0.717, 1.165) is 18.6 Å².